The van der Waals surface area contributed by atoms with Gasteiger partial charge in [0.05, 0.1) is 11.7 Å². The molecule has 1 aromatic heterocycles. The van der Waals surface area contributed by atoms with Gasteiger partial charge in [0, 0.05) is 38.0 Å². The van der Waals surface area contributed by atoms with Gasteiger partial charge in [-0.2, -0.15) is 0 Å². The van der Waals surface area contributed by atoms with Gasteiger partial charge < -0.3 is 20.9 Å². The van der Waals surface area contributed by atoms with Crippen LogP contribution in [0.5, 0.6) is 0 Å². The first kappa shape index (κ1) is 25.3. The monoisotopic (exact) mass is 461 g/mol. The SMILES string of the molecule is C=NC(=NC1C=C/C(CN(C)C)=C(/C=O)C/C=C\1)N/C=C1\CN(c2cccc(CN)n2)CC1C. The summed E-state index contributed by atoms with van der Waals surface area (Å²) in [7, 11) is 3.97. The number of nitrogens with zero attached hydrogens (tertiary/aromatic N) is 5. The zero-order chi connectivity index (χ0) is 24.5. The van der Waals surface area contributed by atoms with E-state index in [-0.39, 0.29) is 6.04 Å². The van der Waals surface area contributed by atoms with Crippen molar-refractivity contribution in [2.24, 2.45) is 21.6 Å². The smallest absolute Gasteiger partial charge is 0.222 e. The van der Waals surface area contributed by atoms with E-state index in [1.165, 1.54) is 5.57 Å². The molecule has 1 aliphatic heterocycles. The maximum atomic E-state index is 11.5. The Balaban J connectivity index is 1.71. The maximum Gasteiger partial charge on any atom is 0.222 e. The molecule has 8 heteroatoms. The molecule has 2 aliphatic rings. The Morgan fingerprint density at radius 1 is 1.38 bits per heavy atom. The first-order valence-electron chi connectivity index (χ1n) is 11.5. The molecule has 3 N–H and O–H groups in total. The van der Waals surface area contributed by atoms with Gasteiger partial charge in [-0.3, -0.25) is 4.79 Å². The first-order valence-corrected chi connectivity index (χ1v) is 11.5. The molecule has 1 aromatic rings. The fourth-order valence-corrected chi connectivity index (χ4v) is 3.99. The lowest BCUT2D eigenvalue weighted by Gasteiger charge is -2.17. The van der Waals surface area contributed by atoms with E-state index in [1.54, 1.807) is 0 Å². The van der Waals surface area contributed by atoms with Crippen LogP contribution in [0.15, 0.2) is 75.4 Å². The van der Waals surface area contributed by atoms with E-state index in [4.69, 9.17) is 10.7 Å². The number of aldehydes is 1. The van der Waals surface area contributed by atoms with Crippen molar-refractivity contribution in [1.82, 2.24) is 15.2 Å². The van der Waals surface area contributed by atoms with Crippen LogP contribution >= 0.6 is 0 Å². The Kier molecular flexibility index (Phi) is 9.07. The van der Waals surface area contributed by atoms with Gasteiger partial charge >= 0.3 is 0 Å². The van der Waals surface area contributed by atoms with Crippen LogP contribution in [0, 0.1) is 5.92 Å². The average Bonchev–Trinajstić information content (AvgIpc) is 3.20. The Morgan fingerprint density at radius 2 is 2.21 bits per heavy atom. The van der Waals surface area contributed by atoms with Crippen LogP contribution in [0.4, 0.5) is 5.82 Å². The first-order chi connectivity index (χ1) is 16.4. The largest absolute Gasteiger partial charge is 0.352 e. The third kappa shape index (κ3) is 6.82. The number of aromatic nitrogens is 1. The highest BCUT2D eigenvalue weighted by molar-refractivity contribution is 5.85. The highest BCUT2D eigenvalue weighted by Gasteiger charge is 2.25. The molecule has 34 heavy (non-hydrogen) atoms. The summed E-state index contributed by atoms with van der Waals surface area (Å²) in [5.41, 5.74) is 9.66. The number of guanidine groups is 1. The summed E-state index contributed by atoms with van der Waals surface area (Å²) in [5, 5.41) is 3.23. The lowest BCUT2D eigenvalue weighted by Crippen LogP contribution is -2.21. The number of hydrogen-bond acceptors (Lipinski definition) is 6. The summed E-state index contributed by atoms with van der Waals surface area (Å²) >= 11 is 0. The van der Waals surface area contributed by atoms with E-state index in [9.17, 15) is 4.79 Å². The molecule has 0 amide bonds. The van der Waals surface area contributed by atoms with Crippen LogP contribution < -0.4 is 16.0 Å². The summed E-state index contributed by atoms with van der Waals surface area (Å²) in [4.78, 5) is 29.2. The summed E-state index contributed by atoms with van der Waals surface area (Å²) in [6, 6.07) is 5.76. The van der Waals surface area contributed by atoms with Crippen molar-refractivity contribution in [2.75, 3.05) is 38.6 Å². The number of anilines is 1. The number of carbonyl (C=O) groups excluding carboxylic acids is 1. The van der Waals surface area contributed by atoms with Crippen molar-refractivity contribution in [3.8, 4) is 0 Å². The van der Waals surface area contributed by atoms with Gasteiger partial charge in [-0.1, -0.05) is 37.3 Å². The lowest BCUT2D eigenvalue weighted by molar-refractivity contribution is -0.105. The van der Waals surface area contributed by atoms with E-state index in [0.29, 0.717) is 31.4 Å². The second kappa shape index (κ2) is 12.2. The van der Waals surface area contributed by atoms with E-state index in [2.05, 4.69) is 33.8 Å². The standard InChI is InChI=1S/C26H35N7O/c1-19-15-33(25-10-6-9-24(13-27)30-25)17-22(19)14-29-26(28-2)31-23-8-5-7-21(18-34)20(11-12-23)16-32(3)4/h5-6,8-12,14,18-19,23H,2,7,13,15-17,27H2,1,3-4H3,(H,29,31)/b8-5-,12-11?,21-20-,22-14+. The second-order valence-electron chi connectivity index (χ2n) is 8.84. The number of nitrogens with one attached hydrogen (secondary N) is 1. The molecule has 180 valence electrons. The van der Waals surface area contributed by atoms with Crippen LogP contribution in [-0.4, -0.2) is 68.6 Å². The van der Waals surface area contributed by atoms with E-state index in [0.717, 1.165) is 42.0 Å². The molecule has 0 spiro atoms. The summed E-state index contributed by atoms with van der Waals surface area (Å²) in [6.07, 6.45) is 11.4. The fraction of sp³-hybridized carbons (Fsp3) is 0.385. The number of likely N-dealkylation sites (N-methyl/N-ethyl adjacent to an activating group) is 1. The molecular formula is C26H35N7O. The van der Waals surface area contributed by atoms with Crippen molar-refractivity contribution in [2.45, 2.75) is 25.9 Å². The highest BCUT2D eigenvalue weighted by Crippen LogP contribution is 2.26. The highest BCUT2D eigenvalue weighted by atomic mass is 16.1. The Bertz CT molecular complexity index is 1040. The van der Waals surface area contributed by atoms with Gasteiger partial charge in [0.1, 0.15) is 12.1 Å². The predicted molar refractivity (Wildman–Crippen MR) is 140 cm³/mol. The second-order valence-corrected chi connectivity index (χ2v) is 8.84. The molecule has 0 aromatic carbocycles. The van der Waals surface area contributed by atoms with Gasteiger partial charge in [-0.05, 0) is 56.4 Å². The van der Waals surface area contributed by atoms with E-state index >= 15 is 0 Å². The summed E-state index contributed by atoms with van der Waals surface area (Å²) in [6.45, 7) is 8.66. The molecule has 1 aliphatic carbocycles. The van der Waals surface area contributed by atoms with Crippen molar-refractivity contribution in [3.63, 3.8) is 0 Å². The van der Waals surface area contributed by atoms with Gasteiger partial charge in [-0.25, -0.2) is 15.0 Å². The Morgan fingerprint density at radius 3 is 2.91 bits per heavy atom. The molecule has 0 radical (unpaired) electrons. The Labute approximate surface area is 202 Å². The molecule has 8 nitrogen and oxygen atoms in total. The zero-order valence-corrected chi connectivity index (χ0v) is 20.3. The van der Waals surface area contributed by atoms with E-state index < -0.39 is 0 Å². The molecule has 0 bridgehead atoms. The zero-order valence-electron chi connectivity index (χ0n) is 20.3. The van der Waals surface area contributed by atoms with Crippen molar-refractivity contribution < 1.29 is 4.79 Å². The van der Waals surface area contributed by atoms with Crippen LogP contribution in [0.2, 0.25) is 0 Å². The molecular weight excluding hydrogens is 426 g/mol. The van der Waals surface area contributed by atoms with Gasteiger partial charge in [0.25, 0.3) is 0 Å². The van der Waals surface area contributed by atoms with Crippen LogP contribution in [-0.2, 0) is 11.3 Å². The molecule has 1 fully saturated rings. The predicted octanol–water partition coefficient (Wildman–Crippen LogP) is 2.47. The molecule has 2 heterocycles. The van der Waals surface area contributed by atoms with Crippen LogP contribution in [0.3, 0.4) is 0 Å². The van der Waals surface area contributed by atoms with Crippen molar-refractivity contribution in [3.05, 3.63) is 71.1 Å². The molecule has 2 unspecified atom stereocenters. The number of aliphatic imine (C=N–C) groups is 2. The molecule has 1 saturated heterocycles. The van der Waals surface area contributed by atoms with Gasteiger partial charge in [0.2, 0.25) is 5.96 Å². The number of pyridine rings is 1. The quantitative estimate of drug-likeness (QED) is 0.280. The molecule has 2 atom stereocenters. The number of allylic oxidation sites excluding steroid dienone is 2. The minimum absolute atomic E-state index is 0.197. The normalized spacial score (nSPS) is 25.4. The van der Waals surface area contributed by atoms with Crippen LogP contribution in [0.25, 0.3) is 0 Å². The molecule has 3 rings (SSSR count). The number of hydrogen-bond donors (Lipinski definition) is 2. The maximum absolute atomic E-state index is 11.5. The minimum Gasteiger partial charge on any atom is -0.352 e. The number of nitrogens with two attached hydrogens (primary N) is 1. The summed E-state index contributed by atoms with van der Waals surface area (Å²) in [5.74, 6) is 1.76. The van der Waals surface area contributed by atoms with E-state index in [1.807, 2.05) is 67.7 Å². The Hall–Kier alpha value is -3.36. The topological polar surface area (TPSA) is 99.2 Å². The fourth-order valence-electron chi connectivity index (χ4n) is 3.99. The van der Waals surface area contributed by atoms with Gasteiger partial charge in [0.15, 0.2) is 0 Å². The average molecular weight is 462 g/mol. The lowest BCUT2D eigenvalue weighted by atomic mass is 10.0. The minimum atomic E-state index is -0.197. The third-order valence-electron chi connectivity index (χ3n) is 5.84. The van der Waals surface area contributed by atoms with Crippen LogP contribution in [0.1, 0.15) is 19.0 Å². The van der Waals surface area contributed by atoms with Crippen molar-refractivity contribution >= 4 is 24.8 Å². The number of rotatable bonds is 7. The molecule has 0 saturated carbocycles. The summed E-state index contributed by atoms with van der Waals surface area (Å²) < 4.78 is 0. The number of carbonyl (C=O) groups is 1. The van der Waals surface area contributed by atoms with Crippen molar-refractivity contribution in [1.29, 1.82) is 0 Å². The van der Waals surface area contributed by atoms with Gasteiger partial charge in [-0.15, -0.1) is 0 Å². The third-order valence-corrected chi connectivity index (χ3v) is 5.84.